The van der Waals surface area contributed by atoms with Gasteiger partial charge in [0.1, 0.15) is 0 Å². The minimum absolute atomic E-state index is 0. The second kappa shape index (κ2) is 1760. The molecule has 0 unspecified atom stereocenters. The summed E-state index contributed by atoms with van der Waals surface area (Å²) in [4.78, 5) is 0. The number of rotatable bonds is 0. The van der Waals surface area contributed by atoms with E-state index in [0.29, 0.717) is 0 Å². The van der Waals surface area contributed by atoms with E-state index in [-0.39, 0.29) is 68.2 Å². The van der Waals surface area contributed by atoms with Gasteiger partial charge in [-0.25, -0.2) is 0 Å². The van der Waals surface area contributed by atoms with Gasteiger partial charge in [-0.3, -0.25) is 0 Å². The Labute approximate surface area is 137 Å². The van der Waals surface area contributed by atoms with Gasteiger partial charge in [-0.2, -0.15) is 0 Å². The fourth-order valence-corrected chi connectivity index (χ4v) is 0. The Morgan fingerprint density at radius 2 is 0.357 bits per heavy atom. The predicted octanol–water partition coefficient (Wildman–Crippen LogP) is -2.42. The standard InChI is InChI=1S/6CN.Co.K/c6*1-2;;/q6*-1;+2;+1. The van der Waals surface area contributed by atoms with Crippen LogP contribution >= 0.6 is 0 Å². The normalized spacial score (nSPS) is 0.857. The molecule has 0 atom stereocenters. The molecule has 0 rings (SSSR count). The predicted molar refractivity (Wildman–Crippen MR) is 29.8 cm³/mol. The second-order valence-corrected chi connectivity index (χ2v) is 0. The molecule has 0 aromatic heterocycles. The van der Waals surface area contributed by atoms with E-state index < -0.39 is 0 Å². The van der Waals surface area contributed by atoms with Crippen molar-refractivity contribution in [2.75, 3.05) is 0 Å². The fraction of sp³-hybridized carbons (Fsp3) is 0. The zero-order valence-corrected chi connectivity index (χ0v) is 11.2. The van der Waals surface area contributed by atoms with E-state index in [0.717, 1.165) is 0 Å². The Kier molecular flexibility index (Phi) is 9320. The molecule has 0 saturated carbocycles. The van der Waals surface area contributed by atoms with Gasteiger partial charge in [0, 0.05) is 0 Å². The van der Waals surface area contributed by atoms with Crippen LogP contribution in [0.1, 0.15) is 0 Å². The Morgan fingerprint density at radius 3 is 0.357 bits per heavy atom. The molecule has 0 aliphatic carbocycles. The van der Waals surface area contributed by atoms with Crippen molar-refractivity contribution in [2.45, 2.75) is 0 Å². The third kappa shape index (κ3) is 1340. The molecule has 1 radical (unpaired) electrons. The Balaban J connectivity index is -0.00000000500. The van der Waals surface area contributed by atoms with Crippen LogP contribution in [0.4, 0.5) is 0 Å². The summed E-state index contributed by atoms with van der Waals surface area (Å²) in [7, 11) is 0. The summed E-state index contributed by atoms with van der Waals surface area (Å²) in [5.41, 5.74) is 0. The van der Waals surface area contributed by atoms with Crippen LogP contribution in [-0.4, -0.2) is 0 Å². The molecular weight excluding hydrogens is 254 g/mol. The number of nitrogens with zero attached hydrogens (tertiary/aromatic N) is 6. The van der Waals surface area contributed by atoms with Gasteiger partial charge in [-0.15, -0.1) is 0 Å². The molecule has 0 amide bonds. The van der Waals surface area contributed by atoms with Gasteiger partial charge >= 0.3 is 68.2 Å². The summed E-state index contributed by atoms with van der Waals surface area (Å²) in [6, 6.07) is 0. The van der Waals surface area contributed by atoms with Gasteiger partial charge < -0.3 is 71.0 Å². The summed E-state index contributed by atoms with van der Waals surface area (Å²) in [5, 5.41) is 37.5. The van der Waals surface area contributed by atoms with Crippen molar-refractivity contribution in [2.24, 2.45) is 0 Å². The molecule has 0 bridgehead atoms. The second-order valence-electron chi connectivity index (χ2n) is 0. The zero-order valence-electron chi connectivity index (χ0n) is 7.02. The van der Waals surface area contributed by atoms with E-state index in [1.165, 1.54) is 0 Å². The number of hydrogen-bond acceptors (Lipinski definition) is 6. The molecule has 0 aliphatic rings. The average Bonchev–Trinajstić information content (AvgIpc) is 2.33. The molecule has 0 N–H and O–H groups in total. The van der Waals surface area contributed by atoms with Gasteiger partial charge in [-0.1, -0.05) is 0 Å². The van der Waals surface area contributed by atoms with Crippen LogP contribution in [0.25, 0.3) is 0 Å². The maximum absolute atomic E-state index is 6.25. The molecule has 67 valence electrons. The van der Waals surface area contributed by atoms with Gasteiger partial charge in [-0.05, 0) is 0 Å². The molecule has 0 fully saturated rings. The first-order valence-electron chi connectivity index (χ1n) is 1.34. The van der Waals surface area contributed by atoms with Gasteiger partial charge in [0.25, 0.3) is 0 Å². The molecule has 0 aromatic rings. The minimum atomic E-state index is 0. The van der Waals surface area contributed by atoms with Crippen molar-refractivity contribution >= 4 is 0 Å². The van der Waals surface area contributed by atoms with Crippen molar-refractivity contribution in [1.82, 2.24) is 0 Å². The first-order chi connectivity index (χ1) is 6.00. The first kappa shape index (κ1) is 73.9. The van der Waals surface area contributed by atoms with Crippen molar-refractivity contribution in [3.8, 4) is 0 Å². The fourth-order valence-electron chi connectivity index (χ4n) is 0. The maximum atomic E-state index is 6.25. The Hall–Kier alpha value is -0.917. The van der Waals surface area contributed by atoms with Crippen molar-refractivity contribution in [3.05, 3.63) is 39.4 Å². The van der Waals surface area contributed by atoms with E-state index in [4.69, 9.17) is 71.0 Å². The van der Waals surface area contributed by atoms with Crippen LogP contribution in [0.2, 0.25) is 0 Å². The molecule has 0 aliphatic heterocycles. The summed E-state index contributed by atoms with van der Waals surface area (Å²) in [5.74, 6) is 0. The Morgan fingerprint density at radius 1 is 0.357 bits per heavy atom. The maximum Gasteiger partial charge on any atom is 2.00 e. The molecule has 0 spiro atoms. The van der Waals surface area contributed by atoms with Crippen LogP contribution in [0.15, 0.2) is 0 Å². The van der Waals surface area contributed by atoms with Crippen LogP contribution in [-0.2, 0) is 16.8 Å². The third-order valence-corrected chi connectivity index (χ3v) is 0. The largest absolute Gasteiger partial charge is 2.00 e. The smallest absolute Gasteiger partial charge is 0.512 e. The van der Waals surface area contributed by atoms with Crippen LogP contribution in [0, 0.1) is 71.0 Å². The quantitative estimate of drug-likeness (QED) is 0.347. The third-order valence-electron chi connectivity index (χ3n) is 0. The Bertz CT molecular complexity index is 97.3. The van der Waals surface area contributed by atoms with E-state index >= 15 is 0 Å². The molecule has 0 heterocycles. The van der Waals surface area contributed by atoms with Gasteiger partial charge in [0.05, 0.1) is 0 Å². The van der Waals surface area contributed by atoms with Gasteiger partial charge in [0.15, 0.2) is 0 Å². The van der Waals surface area contributed by atoms with Gasteiger partial charge in [0.2, 0.25) is 0 Å². The summed E-state index contributed by atoms with van der Waals surface area (Å²) >= 11 is 0. The van der Waals surface area contributed by atoms with E-state index in [1.54, 1.807) is 0 Å². The van der Waals surface area contributed by atoms with Crippen molar-refractivity contribution < 1.29 is 68.2 Å². The zero-order chi connectivity index (χ0) is 12.0. The van der Waals surface area contributed by atoms with Crippen LogP contribution < -0.4 is 51.4 Å². The molecular formula is C6CoKN6-3. The van der Waals surface area contributed by atoms with Crippen molar-refractivity contribution in [1.29, 1.82) is 31.6 Å². The molecule has 0 saturated heterocycles. The van der Waals surface area contributed by atoms with Crippen LogP contribution in [0.5, 0.6) is 0 Å². The average molecular weight is 254 g/mol. The number of hydrogen-bond donors (Lipinski definition) is 0. The van der Waals surface area contributed by atoms with Crippen LogP contribution in [0.3, 0.4) is 0 Å². The molecule has 6 nitrogen and oxygen atoms in total. The van der Waals surface area contributed by atoms with E-state index in [2.05, 4.69) is 0 Å². The summed E-state index contributed by atoms with van der Waals surface area (Å²) < 4.78 is 0. The first-order valence-corrected chi connectivity index (χ1v) is 1.34. The summed E-state index contributed by atoms with van der Waals surface area (Å²) in [6.45, 7) is 28.5. The topological polar surface area (TPSA) is 143 Å². The van der Waals surface area contributed by atoms with Crippen molar-refractivity contribution in [3.63, 3.8) is 0 Å². The van der Waals surface area contributed by atoms with E-state index in [9.17, 15) is 0 Å². The minimum Gasteiger partial charge on any atom is -0.512 e. The summed E-state index contributed by atoms with van der Waals surface area (Å²) in [6.07, 6.45) is 0. The van der Waals surface area contributed by atoms with E-state index in [1.807, 2.05) is 0 Å². The SMILES string of the molecule is [C-]#N.[C-]#N.[C-]#N.[C-]#N.[C-]#N.[C-]#N.[Co+2].[K+]. The molecule has 0 aromatic carbocycles. The monoisotopic (exact) mass is 254 g/mol. The molecule has 14 heavy (non-hydrogen) atoms. The molecule has 8 heteroatoms.